The largest absolute Gasteiger partial charge is 0.457 e. The molecule has 0 unspecified atom stereocenters. The zero-order chi connectivity index (χ0) is 18.5. The van der Waals surface area contributed by atoms with E-state index >= 15 is 0 Å². The average molecular weight is 376 g/mol. The van der Waals surface area contributed by atoms with Crippen LogP contribution in [0.1, 0.15) is 0 Å². The smallest absolute Gasteiger partial charge is 0.257 e. The van der Waals surface area contributed by atoms with E-state index in [1.807, 2.05) is 72.8 Å². The summed E-state index contributed by atoms with van der Waals surface area (Å²) in [4.78, 5) is 16.6. The third-order valence-electron chi connectivity index (χ3n) is 3.70. The Morgan fingerprint density at radius 3 is 2.59 bits per heavy atom. The maximum absolute atomic E-state index is 12.2. The highest BCUT2D eigenvalue weighted by Crippen LogP contribution is 2.25. The van der Waals surface area contributed by atoms with Gasteiger partial charge in [0.2, 0.25) is 5.91 Å². The standard InChI is InChI=1S/C21H16N2O3S/c24-20(14-27-21-23-18-11-4-5-12-19(18)26-21)22-15-7-6-10-17(13-15)25-16-8-2-1-3-9-16/h1-13H,14H2,(H,22,24). The van der Waals surface area contributed by atoms with Crippen LogP contribution in [0.2, 0.25) is 0 Å². The molecule has 0 aliphatic heterocycles. The Morgan fingerprint density at radius 1 is 0.963 bits per heavy atom. The molecule has 0 saturated heterocycles. The van der Waals surface area contributed by atoms with Gasteiger partial charge in [-0.3, -0.25) is 4.79 Å². The van der Waals surface area contributed by atoms with Gasteiger partial charge in [-0.1, -0.05) is 48.2 Å². The van der Waals surface area contributed by atoms with Gasteiger partial charge < -0.3 is 14.5 Å². The van der Waals surface area contributed by atoms with Gasteiger partial charge in [-0.05, 0) is 36.4 Å². The highest BCUT2D eigenvalue weighted by molar-refractivity contribution is 7.99. The molecule has 3 aromatic carbocycles. The van der Waals surface area contributed by atoms with E-state index in [0.717, 1.165) is 11.3 Å². The van der Waals surface area contributed by atoms with Crippen molar-refractivity contribution in [1.82, 2.24) is 4.98 Å². The number of aromatic nitrogens is 1. The third kappa shape index (κ3) is 4.48. The molecule has 0 fully saturated rings. The maximum atomic E-state index is 12.2. The van der Waals surface area contributed by atoms with Crippen LogP contribution in [-0.2, 0) is 4.79 Å². The number of ether oxygens (including phenoxy) is 1. The predicted octanol–water partition coefficient (Wildman–Crippen LogP) is 5.35. The Kier molecular flexibility index (Phi) is 5.07. The Morgan fingerprint density at radius 2 is 1.74 bits per heavy atom. The van der Waals surface area contributed by atoms with Crippen molar-refractivity contribution >= 4 is 34.5 Å². The number of amides is 1. The van der Waals surface area contributed by atoms with Gasteiger partial charge in [-0.25, -0.2) is 4.98 Å². The van der Waals surface area contributed by atoms with Crippen molar-refractivity contribution in [2.75, 3.05) is 11.1 Å². The number of nitrogens with zero attached hydrogens (tertiary/aromatic N) is 1. The topological polar surface area (TPSA) is 64.4 Å². The quantitative estimate of drug-likeness (QED) is 0.460. The molecule has 0 radical (unpaired) electrons. The molecule has 1 aromatic heterocycles. The van der Waals surface area contributed by atoms with Gasteiger partial charge >= 0.3 is 0 Å². The minimum Gasteiger partial charge on any atom is -0.457 e. The number of nitrogens with one attached hydrogen (secondary N) is 1. The van der Waals surface area contributed by atoms with Gasteiger partial charge in [0.15, 0.2) is 5.58 Å². The molecule has 1 N–H and O–H groups in total. The normalized spacial score (nSPS) is 10.7. The molecule has 0 bridgehead atoms. The maximum Gasteiger partial charge on any atom is 0.257 e. The summed E-state index contributed by atoms with van der Waals surface area (Å²) in [6.07, 6.45) is 0. The fourth-order valence-corrected chi connectivity index (χ4v) is 3.14. The summed E-state index contributed by atoms with van der Waals surface area (Å²) in [5.41, 5.74) is 2.17. The molecule has 4 aromatic rings. The number of rotatable bonds is 6. The molecule has 27 heavy (non-hydrogen) atoms. The van der Waals surface area contributed by atoms with E-state index in [4.69, 9.17) is 9.15 Å². The fraction of sp³-hybridized carbons (Fsp3) is 0.0476. The van der Waals surface area contributed by atoms with Crippen LogP contribution in [0.3, 0.4) is 0 Å². The van der Waals surface area contributed by atoms with Crippen molar-refractivity contribution in [3.05, 3.63) is 78.9 Å². The first kappa shape index (κ1) is 17.2. The average Bonchev–Trinajstić information content (AvgIpc) is 3.11. The van der Waals surface area contributed by atoms with Crippen LogP contribution in [0.15, 0.2) is 88.5 Å². The lowest BCUT2D eigenvalue weighted by atomic mass is 10.3. The zero-order valence-corrected chi connectivity index (χ0v) is 15.1. The molecule has 0 aliphatic rings. The lowest BCUT2D eigenvalue weighted by molar-refractivity contribution is -0.113. The van der Waals surface area contributed by atoms with Crippen LogP contribution >= 0.6 is 11.8 Å². The summed E-state index contributed by atoms with van der Waals surface area (Å²) in [5.74, 6) is 1.47. The molecular formula is C21H16N2O3S. The molecule has 5 nitrogen and oxygen atoms in total. The van der Waals surface area contributed by atoms with Gasteiger partial charge in [0.25, 0.3) is 5.22 Å². The summed E-state index contributed by atoms with van der Waals surface area (Å²) in [7, 11) is 0. The van der Waals surface area contributed by atoms with Crippen LogP contribution in [-0.4, -0.2) is 16.6 Å². The minimum absolute atomic E-state index is 0.140. The van der Waals surface area contributed by atoms with Crippen LogP contribution < -0.4 is 10.1 Å². The van der Waals surface area contributed by atoms with Gasteiger partial charge in [0, 0.05) is 11.8 Å². The monoisotopic (exact) mass is 376 g/mol. The number of oxazole rings is 1. The van der Waals surface area contributed by atoms with E-state index in [1.165, 1.54) is 11.8 Å². The summed E-state index contributed by atoms with van der Waals surface area (Å²) in [6, 6.07) is 24.3. The number of anilines is 1. The Hall–Kier alpha value is -3.25. The number of fused-ring (bicyclic) bond motifs is 1. The molecule has 4 rings (SSSR count). The Labute approximate surface area is 160 Å². The second-order valence-corrected chi connectivity index (χ2v) is 6.65. The summed E-state index contributed by atoms with van der Waals surface area (Å²) >= 11 is 1.26. The molecule has 134 valence electrons. The molecule has 1 heterocycles. The van der Waals surface area contributed by atoms with Crippen molar-refractivity contribution in [3.63, 3.8) is 0 Å². The highest BCUT2D eigenvalue weighted by atomic mass is 32.2. The number of hydrogen-bond donors (Lipinski definition) is 1. The van der Waals surface area contributed by atoms with Gasteiger partial charge in [0.1, 0.15) is 17.0 Å². The minimum atomic E-state index is -0.140. The molecule has 0 saturated carbocycles. The highest BCUT2D eigenvalue weighted by Gasteiger charge is 2.10. The SMILES string of the molecule is O=C(CSc1nc2ccccc2o1)Nc1cccc(Oc2ccccc2)c1. The fourth-order valence-electron chi connectivity index (χ4n) is 2.50. The third-order valence-corrected chi connectivity index (χ3v) is 4.53. The zero-order valence-electron chi connectivity index (χ0n) is 14.3. The Bertz CT molecular complexity index is 1030. The first-order valence-corrected chi connectivity index (χ1v) is 9.36. The molecule has 0 spiro atoms. The van der Waals surface area contributed by atoms with Crippen LogP contribution in [0, 0.1) is 0 Å². The van der Waals surface area contributed by atoms with Crippen molar-refractivity contribution in [2.24, 2.45) is 0 Å². The molecule has 0 atom stereocenters. The number of para-hydroxylation sites is 3. The lowest BCUT2D eigenvalue weighted by Gasteiger charge is -2.08. The lowest BCUT2D eigenvalue weighted by Crippen LogP contribution is -2.13. The van der Waals surface area contributed by atoms with Gasteiger partial charge in [0.05, 0.1) is 5.75 Å². The first-order valence-electron chi connectivity index (χ1n) is 8.37. The number of thioether (sulfide) groups is 1. The van der Waals surface area contributed by atoms with Crippen LogP contribution in [0.25, 0.3) is 11.1 Å². The summed E-state index contributed by atoms with van der Waals surface area (Å²) in [5, 5.41) is 3.34. The summed E-state index contributed by atoms with van der Waals surface area (Å²) in [6.45, 7) is 0. The number of carbonyl (C=O) groups is 1. The first-order chi connectivity index (χ1) is 13.3. The molecule has 0 aliphatic carbocycles. The summed E-state index contributed by atoms with van der Waals surface area (Å²) < 4.78 is 11.4. The van der Waals surface area contributed by atoms with Gasteiger partial charge in [-0.2, -0.15) is 0 Å². The number of benzene rings is 3. The second kappa shape index (κ2) is 7.97. The molecular weight excluding hydrogens is 360 g/mol. The van der Waals surface area contributed by atoms with Crippen molar-refractivity contribution in [1.29, 1.82) is 0 Å². The van der Waals surface area contributed by atoms with Crippen molar-refractivity contribution < 1.29 is 13.9 Å². The predicted molar refractivity (Wildman–Crippen MR) is 106 cm³/mol. The molecule has 6 heteroatoms. The molecule has 1 amide bonds. The van der Waals surface area contributed by atoms with E-state index in [-0.39, 0.29) is 11.7 Å². The Balaban J connectivity index is 1.35. The van der Waals surface area contributed by atoms with E-state index in [2.05, 4.69) is 10.3 Å². The van der Waals surface area contributed by atoms with Crippen LogP contribution in [0.5, 0.6) is 11.5 Å². The number of carbonyl (C=O) groups excluding carboxylic acids is 1. The second-order valence-electron chi connectivity index (χ2n) is 5.73. The van der Waals surface area contributed by atoms with E-state index in [1.54, 1.807) is 6.07 Å². The van der Waals surface area contributed by atoms with E-state index in [9.17, 15) is 4.79 Å². The van der Waals surface area contributed by atoms with Gasteiger partial charge in [-0.15, -0.1) is 0 Å². The van der Waals surface area contributed by atoms with E-state index in [0.29, 0.717) is 22.2 Å². The van der Waals surface area contributed by atoms with Crippen molar-refractivity contribution in [2.45, 2.75) is 5.22 Å². The van der Waals surface area contributed by atoms with Crippen molar-refractivity contribution in [3.8, 4) is 11.5 Å². The van der Waals surface area contributed by atoms with Crippen LogP contribution in [0.4, 0.5) is 5.69 Å². The van der Waals surface area contributed by atoms with E-state index < -0.39 is 0 Å². The number of hydrogen-bond acceptors (Lipinski definition) is 5.